The largest absolute Gasteiger partial charge is 0.495 e. The van der Waals surface area contributed by atoms with Crippen LogP contribution in [0, 0.1) is 0 Å². The van der Waals surface area contributed by atoms with Crippen molar-refractivity contribution in [2.75, 3.05) is 19.5 Å². The second kappa shape index (κ2) is 9.64. The molecule has 2 N–H and O–H groups in total. The third kappa shape index (κ3) is 5.76. The molecule has 2 amide bonds. The molecule has 0 spiro atoms. The van der Waals surface area contributed by atoms with Crippen molar-refractivity contribution in [3.8, 4) is 11.5 Å². The van der Waals surface area contributed by atoms with Crippen molar-refractivity contribution in [3.63, 3.8) is 0 Å². The zero-order chi connectivity index (χ0) is 19.8. The topological polar surface area (TPSA) is 76.7 Å². The number of anilines is 1. The predicted octanol–water partition coefficient (Wildman–Crippen LogP) is 3.51. The molecule has 2 aromatic carbocycles. The second-order valence-corrected chi connectivity index (χ2v) is 6.06. The number of carbonyl (C=O) groups is 2. The van der Waals surface area contributed by atoms with Crippen molar-refractivity contribution >= 4 is 35.2 Å². The van der Waals surface area contributed by atoms with Gasteiger partial charge in [-0.2, -0.15) is 0 Å². The van der Waals surface area contributed by atoms with Crippen LogP contribution in [0.5, 0.6) is 11.5 Å². The first kappa shape index (κ1) is 20.3. The highest BCUT2D eigenvalue weighted by molar-refractivity contribution is 6.32. The second-order valence-electron chi connectivity index (χ2n) is 5.65. The Kier molecular flexibility index (Phi) is 7.25. The molecular formula is C20H21ClN2O4. The van der Waals surface area contributed by atoms with Gasteiger partial charge in [0.2, 0.25) is 11.8 Å². The monoisotopic (exact) mass is 388 g/mol. The number of methoxy groups -OCH3 is 2. The van der Waals surface area contributed by atoms with E-state index in [1.165, 1.54) is 20.3 Å². The molecule has 2 rings (SSSR count). The summed E-state index contributed by atoms with van der Waals surface area (Å²) in [4.78, 5) is 24.4. The number of hydrogen-bond acceptors (Lipinski definition) is 4. The van der Waals surface area contributed by atoms with E-state index in [9.17, 15) is 9.59 Å². The minimum Gasteiger partial charge on any atom is -0.495 e. The summed E-state index contributed by atoms with van der Waals surface area (Å²) in [6.45, 7) is 1.59. The van der Waals surface area contributed by atoms with Gasteiger partial charge >= 0.3 is 0 Å². The average Bonchev–Trinajstić information content (AvgIpc) is 2.68. The standard InChI is InChI=1S/C20H21ClN2O4/c1-13(22-19(24)10-9-14-7-5-4-6-8-14)20(25)23-16-12-17(26-2)15(21)11-18(16)27-3/h4-13H,1-3H3,(H,22,24)(H,23,25)/b10-9+. The Hall–Kier alpha value is -2.99. The van der Waals surface area contributed by atoms with Gasteiger partial charge in [0.1, 0.15) is 17.5 Å². The van der Waals surface area contributed by atoms with Gasteiger partial charge in [-0.05, 0) is 18.6 Å². The van der Waals surface area contributed by atoms with Gasteiger partial charge in [0, 0.05) is 18.2 Å². The van der Waals surface area contributed by atoms with E-state index in [-0.39, 0.29) is 5.91 Å². The maximum atomic E-state index is 12.4. The van der Waals surface area contributed by atoms with E-state index < -0.39 is 11.9 Å². The van der Waals surface area contributed by atoms with Crippen molar-refractivity contribution in [2.45, 2.75) is 13.0 Å². The van der Waals surface area contributed by atoms with Crippen molar-refractivity contribution in [1.82, 2.24) is 5.32 Å². The number of amides is 2. The van der Waals surface area contributed by atoms with Crippen LogP contribution in [0.3, 0.4) is 0 Å². The lowest BCUT2D eigenvalue weighted by molar-refractivity contribution is -0.123. The Bertz CT molecular complexity index is 837. The maximum Gasteiger partial charge on any atom is 0.246 e. The van der Waals surface area contributed by atoms with Gasteiger partial charge in [-0.1, -0.05) is 41.9 Å². The Labute approximate surface area is 163 Å². The summed E-state index contributed by atoms with van der Waals surface area (Å²) in [5, 5.41) is 5.67. The smallest absolute Gasteiger partial charge is 0.246 e. The average molecular weight is 389 g/mol. The van der Waals surface area contributed by atoms with Gasteiger partial charge in [-0.25, -0.2) is 0 Å². The summed E-state index contributed by atoms with van der Waals surface area (Å²) in [6.07, 6.45) is 3.05. The zero-order valence-corrected chi connectivity index (χ0v) is 16.0. The van der Waals surface area contributed by atoms with E-state index in [0.717, 1.165) is 5.56 Å². The lowest BCUT2D eigenvalue weighted by Gasteiger charge is -2.16. The van der Waals surface area contributed by atoms with E-state index in [4.69, 9.17) is 21.1 Å². The molecule has 0 radical (unpaired) electrons. The van der Waals surface area contributed by atoms with E-state index in [1.807, 2.05) is 30.3 Å². The van der Waals surface area contributed by atoms with Gasteiger partial charge < -0.3 is 20.1 Å². The fourth-order valence-corrected chi connectivity index (χ4v) is 2.49. The van der Waals surface area contributed by atoms with Crippen LogP contribution in [0.1, 0.15) is 12.5 Å². The van der Waals surface area contributed by atoms with E-state index >= 15 is 0 Å². The Balaban J connectivity index is 2.01. The number of hydrogen-bond donors (Lipinski definition) is 2. The fourth-order valence-electron chi connectivity index (χ4n) is 2.26. The molecule has 0 aliphatic carbocycles. The lowest BCUT2D eigenvalue weighted by atomic mass is 10.2. The Morgan fingerprint density at radius 2 is 1.74 bits per heavy atom. The van der Waals surface area contributed by atoms with E-state index in [1.54, 1.807) is 25.1 Å². The highest BCUT2D eigenvalue weighted by atomic mass is 35.5. The fraction of sp³-hybridized carbons (Fsp3) is 0.200. The van der Waals surface area contributed by atoms with E-state index in [2.05, 4.69) is 10.6 Å². The molecule has 2 aromatic rings. The molecule has 142 valence electrons. The summed E-state index contributed by atoms with van der Waals surface area (Å²) < 4.78 is 10.4. The quantitative estimate of drug-likeness (QED) is 0.711. The number of ether oxygens (including phenoxy) is 2. The third-order valence-corrected chi connectivity index (χ3v) is 4.01. The van der Waals surface area contributed by atoms with Gasteiger partial charge in [0.05, 0.1) is 24.9 Å². The molecule has 27 heavy (non-hydrogen) atoms. The van der Waals surface area contributed by atoms with Gasteiger partial charge in [0.15, 0.2) is 0 Å². The summed E-state index contributed by atoms with van der Waals surface area (Å²) in [5.41, 5.74) is 1.28. The highest BCUT2D eigenvalue weighted by Crippen LogP contribution is 2.35. The minimum absolute atomic E-state index is 0.361. The number of carbonyl (C=O) groups excluding carboxylic acids is 2. The normalized spacial score (nSPS) is 11.7. The lowest BCUT2D eigenvalue weighted by Crippen LogP contribution is -2.40. The zero-order valence-electron chi connectivity index (χ0n) is 15.3. The Morgan fingerprint density at radius 3 is 2.37 bits per heavy atom. The number of benzene rings is 2. The highest BCUT2D eigenvalue weighted by Gasteiger charge is 2.18. The molecular weight excluding hydrogens is 368 g/mol. The summed E-state index contributed by atoms with van der Waals surface area (Å²) in [6, 6.07) is 11.7. The van der Waals surface area contributed by atoms with Crippen molar-refractivity contribution < 1.29 is 19.1 Å². The molecule has 1 unspecified atom stereocenters. The SMILES string of the molecule is COc1cc(NC(=O)C(C)NC(=O)/C=C/c2ccccc2)c(OC)cc1Cl. The van der Waals surface area contributed by atoms with Crippen LogP contribution in [-0.4, -0.2) is 32.1 Å². The minimum atomic E-state index is -0.760. The van der Waals surface area contributed by atoms with Crippen LogP contribution in [-0.2, 0) is 9.59 Å². The van der Waals surface area contributed by atoms with Crippen molar-refractivity contribution in [2.24, 2.45) is 0 Å². The maximum absolute atomic E-state index is 12.4. The van der Waals surface area contributed by atoms with E-state index in [0.29, 0.717) is 22.2 Å². The molecule has 6 nitrogen and oxygen atoms in total. The summed E-state index contributed by atoms with van der Waals surface area (Å²) in [7, 11) is 2.94. The third-order valence-electron chi connectivity index (χ3n) is 3.71. The first-order chi connectivity index (χ1) is 12.9. The molecule has 1 atom stereocenters. The summed E-state index contributed by atoms with van der Waals surface area (Å²) in [5.74, 6) is 0.00758. The van der Waals surface area contributed by atoms with Crippen LogP contribution in [0.15, 0.2) is 48.5 Å². The molecule has 0 saturated carbocycles. The number of halogens is 1. The Morgan fingerprint density at radius 1 is 1.07 bits per heavy atom. The van der Waals surface area contributed by atoms with Crippen LogP contribution in [0.4, 0.5) is 5.69 Å². The van der Waals surface area contributed by atoms with Crippen LogP contribution in [0.25, 0.3) is 6.08 Å². The van der Waals surface area contributed by atoms with Crippen LogP contribution < -0.4 is 20.1 Å². The first-order valence-electron chi connectivity index (χ1n) is 8.20. The molecule has 0 aromatic heterocycles. The predicted molar refractivity (Wildman–Crippen MR) is 106 cm³/mol. The molecule has 7 heteroatoms. The van der Waals surface area contributed by atoms with Gasteiger partial charge in [-0.3, -0.25) is 9.59 Å². The molecule has 0 aliphatic heterocycles. The van der Waals surface area contributed by atoms with Gasteiger partial charge in [0.25, 0.3) is 0 Å². The molecule has 0 saturated heterocycles. The molecule has 0 aliphatic rings. The number of nitrogens with one attached hydrogen (secondary N) is 2. The van der Waals surface area contributed by atoms with Crippen molar-refractivity contribution in [1.29, 1.82) is 0 Å². The van der Waals surface area contributed by atoms with Crippen LogP contribution in [0.2, 0.25) is 5.02 Å². The first-order valence-corrected chi connectivity index (χ1v) is 8.58. The van der Waals surface area contributed by atoms with Crippen LogP contribution >= 0.6 is 11.6 Å². The van der Waals surface area contributed by atoms with Gasteiger partial charge in [-0.15, -0.1) is 0 Å². The molecule has 0 fully saturated rings. The van der Waals surface area contributed by atoms with Crippen molar-refractivity contribution in [3.05, 3.63) is 59.1 Å². The molecule has 0 heterocycles. The number of rotatable bonds is 7. The summed E-state index contributed by atoms with van der Waals surface area (Å²) >= 11 is 6.05. The molecule has 0 bridgehead atoms.